The number of carbonyl (C=O) groups is 2. The average Bonchev–Trinajstić information content (AvgIpc) is 2.56. The molecule has 0 aliphatic heterocycles. The maximum Gasteiger partial charge on any atom is 2.00 e. The summed E-state index contributed by atoms with van der Waals surface area (Å²) in [6, 6.07) is 0. The Balaban J connectivity index is -0.000000882. The van der Waals surface area contributed by atoms with Gasteiger partial charge in [0.05, 0.1) is 19.1 Å². The fourth-order valence-corrected chi connectivity index (χ4v) is 2.56. The van der Waals surface area contributed by atoms with Crippen molar-refractivity contribution in [2.24, 2.45) is 0 Å². The molecule has 0 unspecified atom stereocenters. The maximum absolute atomic E-state index is 11.1. The van der Waals surface area contributed by atoms with Gasteiger partial charge < -0.3 is 12.7 Å². The molecule has 0 rings (SSSR count). The van der Waals surface area contributed by atoms with Gasteiger partial charge in [0.25, 0.3) is 0 Å². The third-order valence-corrected chi connectivity index (χ3v) is 4.06. The van der Waals surface area contributed by atoms with E-state index in [2.05, 4.69) is 6.92 Å². The van der Waals surface area contributed by atoms with Crippen molar-refractivity contribution >= 4 is 35.0 Å². The van der Waals surface area contributed by atoms with Crippen molar-refractivity contribution in [3.8, 4) is 0 Å². The summed E-state index contributed by atoms with van der Waals surface area (Å²) in [7, 11) is 0. The summed E-state index contributed by atoms with van der Waals surface area (Å²) in [6.45, 7) is 2.25. The van der Waals surface area contributed by atoms with E-state index in [4.69, 9.17) is 9.84 Å². The first-order valence-corrected chi connectivity index (χ1v) is 9.73. The van der Waals surface area contributed by atoms with Crippen molar-refractivity contribution in [1.82, 2.24) is 0 Å². The van der Waals surface area contributed by atoms with Crippen LogP contribution >= 0.6 is 0 Å². The van der Waals surface area contributed by atoms with Crippen LogP contribution in [0.15, 0.2) is 12.3 Å². The Morgan fingerprint density at radius 1 is 0.840 bits per heavy atom. The first-order chi connectivity index (χ1) is 11.7. The van der Waals surface area contributed by atoms with Gasteiger partial charge in [0, 0.05) is 0 Å². The molecule has 0 fully saturated rings. The van der Waals surface area contributed by atoms with Gasteiger partial charge in [0.15, 0.2) is 0 Å². The van der Waals surface area contributed by atoms with Gasteiger partial charge in [-0.2, -0.15) is 0 Å². The topological polar surface area (TPSA) is 63.6 Å². The minimum absolute atomic E-state index is 0. The average molecular weight is 367 g/mol. The molecule has 0 saturated carbocycles. The monoisotopic (exact) mass is 366 g/mol. The Morgan fingerprint density at radius 2 is 1.32 bits per heavy atom. The number of unbranched alkanes of at least 4 members (excludes halogenated alkanes) is 12. The van der Waals surface area contributed by atoms with Crippen LogP contribution in [0.5, 0.6) is 0 Å². The quantitative estimate of drug-likeness (QED) is 0.152. The van der Waals surface area contributed by atoms with Crippen LogP contribution in [-0.2, 0) is 14.3 Å². The van der Waals surface area contributed by atoms with Crippen LogP contribution in [-0.4, -0.2) is 40.1 Å². The number of hydrogen-bond acceptors (Lipinski definition) is 3. The van der Waals surface area contributed by atoms with Gasteiger partial charge >= 0.3 is 35.0 Å². The number of ether oxygens (including phenoxy) is 1. The Hall–Kier alpha value is -0.554. The van der Waals surface area contributed by atoms with Crippen LogP contribution in [0.1, 0.15) is 106 Å². The van der Waals surface area contributed by atoms with Crippen LogP contribution in [0.3, 0.4) is 0 Å². The molecule has 1 N–H and O–H groups in total. The Labute approximate surface area is 172 Å². The van der Waals surface area contributed by atoms with Gasteiger partial charge in [-0.05, 0) is 18.9 Å². The number of hydrogen-bond donors (Lipinski definition) is 1. The summed E-state index contributed by atoms with van der Waals surface area (Å²) in [5.74, 6) is -1.46. The van der Waals surface area contributed by atoms with E-state index >= 15 is 0 Å². The number of aliphatic carboxylic acids is 1. The van der Waals surface area contributed by atoms with Gasteiger partial charge in [0.1, 0.15) is 0 Å². The third kappa shape index (κ3) is 23.4. The van der Waals surface area contributed by atoms with Crippen molar-refractivity contribution in [2.45, 2.75) is 103 Å². The number of carboxylic acid groups (broad SMARTS) is 1. The summed E-state index contributed by atoms with van der Waals surface area (Å²) in [4.78, 5) is 21.4. The van der Waals surface area contributed by atoms with Gasteiger partial charge in [-0.25, -0.2) is 0 Å². The van der Waals surface area contributed by atoms with Gasteiger partial charge in [-0.3, -0.25) is 9.59 Å². The van der Waals surface area contributed by atoms with E-state index in [1.165, 1.54) is 76.9 Å². The summed E-state index contributed by atoms with van der Waals surface area (Å²) in [5, 5.41) is 8.44. The molecule has 0 aliphatic rings. The molecule has 0 aliphatic carbocycles. The van der Waals surface area contributed by atoms with E-state index in [1.807, 2.05) is 6.08 Å². The first-order valence-electron chi connectivity index (χ1n) is 9.73. The van der Waals surface area contributed by atoms with Crippen LogP contribution in [0.4, 0.5) is 0 Å². The van der Waals surface area contributed by atoms with E-state index in [-0.39, 0.29) is 38.7 Å². The molecule has 25 heavy (non-hydrogen) atoms. The zero-order valence-electron chi connectivity index (χ0n) is 18.1. The molecule has 144 valence electrons. The second kappa shape index (κ2) is 21.5. The van der Waals surface area contributed by atoms with E-state index in [9.17, 15) is 9.59 Å². The summed E-state index contributed by atoms with van der Waals surface area (Å²) in [5.41, 5.74) is 0. The molecule has 4 nitrogen and oxygen atoms in total. The van der Waals surface area contributed by atoms with Gasteiger partial charge in [-0.15, -0.1) is 0 Å². The summed E-state index contributed by atoms with van der Waals surface area (Å²) >= 11 is 0. The Kier molecular flexibility index (Phi) is 22.9. The third-order valence-electron chi connectivity index (χ3n) is 4.06. The van der Waals surface area contributed by atoms with Crippen LogP contribution < -0.4 is 0 Å². The molecule has 0 saturated heterocycles. The molecule has 0 heterocycles. The molecule has 0 amide bonds. The van der Waals surface area contributed by atoms with Crippen LogP contribution in [0, 0.1) is 0 Å². The van der Waals surface area contributed by atoms with Gasteiger partial charge in [-0.1, -0.05) is 77.6 Å². The van der Waals surface area contributed by atoms with Crippen molar-refractivity contribution in [3.63, 3.8) is 0 Å². The summed E-state index contributed by atoms with van der Waals surface area (Å²) in [6.07, 6.45) is 19.8. The second-order valence-electron chi connectivity index (χ2n) is 6.43. The minimum Gasteiger partial charge on any atom is -1.00 e. The smallest absolute Gasteiger partial charge is 1.00 e. The van der Waals surface area contributed by atoms with Crippen molar-refractivity contribution in [1.29, 1.82) is 0 Å². The minimum atomic E-state index is -0.979. The molecule has 0 aromatic heterocycles. The van der Waals surface area contributed by atoms with E-state index in [0.717, 1.165) is 12.8 Å². The van der Waals surface area contributed by atoms with Crippen LogP contribution in [0.25, 0.3) is 0 Å². The second-order valence-corrected chi connectivity index (χ2v) is 6.43. The molecule has 0 spiro atoms. The fraction of sp³-hybridized carbons (Fsp3) is 0.800. The van der Waals surface area contributed by atoms with Gasteiger partial charge in [0.2, 0.25) is 0 Å². The predicted molar refractivity (Wildman–Crippen MR) is 106 cm³/mol. The zero-order chi connectivity index (χ0) is 17.9. The molecule has 5 heteroatoms. The number of rotatable bonds is 17. The Bertz CT molecular complexity index is 353. The normalized spacial score (nSPS) is 10.6. The fourth-order valence-electron chi connectivity index (χ4n) is 2.56. The van der Waals surface area contributed by atoms with Crippen molar-refractivity contribution < 1.29 is 22.3 Å². The number of allylic oxidation sites excluding steroid dienone is 1. The molecule has 0 atom stereocenters. The molecule has 0 radical (unpaired) electrons. The maximum atomic E-state index is 11.1. The first kappa shape index (κ1) is 26.7. The zero-order valence-corrected chi connectivity index (χ0v) is 17.6. The van der Waals surface area contributed by atoms with Crippen LogP contribution in [0.2, 0.25) is 0 Å². The number of carbonyl (C=O) groups excluding carboxylic acids is 1. The number of esters is 1. The molecular weight excluding hydrogens is 329 g/mol. The standard InChI is InChI=1S/C20H36O4.Mg.2H/c1-2-3-4-5-6-7-8-9-10-11-12-13-14-15-18-24-20(23)17-16-19(21)22;;;/h15,18H,2-14,16-17H2,1H3,(H,21,22);;;/q;+2;2*-1. The summed E-state index contributed by atoms with van der Waals surface area (Å²) < 4.78 is 4.82. The van der Waals surface area contributed by atoms with E-state index in [0.29, 0.717) is 0 Å². The number of carboxylic acids is 1. The largest absolute Gasteiger partial charge is 2.00 e. The van der Waals surface area contributed by atoms with Crippen molar-refractivity contribution in [3.05, 3.63) is 12.3 Å². The molecular formula is C20H38MgO4. The Morgan fingerprint density at radius 3 is 1.80 bits per heavy atom. The molecule has 0 aromatic carbocycles. The molecule has 0 bridgehead atoms. The van der Waals surface area contributed by atoms with E-state index < -0.39 is 11.9 Å². The SMILES string of the molecule is CCCCCCCCCCCCCCC=COC(=O)CCC(=O)O.[H-].[H-].[Mg+2]. The molecule has 0 aromatic rings. The predicted octanol–water partition coefficient (Wildman–Crippen LogP) is 5.84. The van der Waals surface area contributed by atoms with Crippen molar-refractivity contribution in [2.75, 3.05) is 0 Å². The van der Waals surface area contributed by atoms with E-state index in [1.54, 1.807) is 0 Å².